The Morgan fingerprint density at radius 2 is 1.68 bits per heavy atom. The molecule has 19 heavy (non-hydrogen) atoms. The Balaban J connectivity index is 2.66. The number of benzene rings is 2. The molecule has 0 aromatic heterocycles. The van der Waals surface area contributed by atoms with Crippen molar-refractivity contribution in [2.45, 2.75) is 12.8 Å². The van der Waals surface area contributed by atoms with Crippen molar-refractivity contribution in [3.8, 4) is 11.1 Å². The van der Waals surface area contributed by atoms with Crippen LogP contribution in [-0.2, 0) is 12.8 Å². The molecule has 1 nitrogen and oxygen atoms in total. The second-order valence-corrected chi connectivity index (χ2v) is 5.25. The predicted octanol–water partition coefficient (Wildman–Crippen LogP) is 4.47. The molecule has 0 fully saturated rings. The Hall–Kier alpha value is -1.08. The topological polar surface area (TPSA) is 20.2 Å². The molecule has 2 aromatic rings. The maximum absolute atomic E-state index is 13.0. The number of alkyl halides is 3. The molecule has 0 spiro atoms. The quantitative estimate of drug-likeness (QED) is 0.765. The van der Waals surface area contributed by atoms with Crippen LogP contribution < -0.4 is 0 Å². The van der Waals surface area contributed by atoms with Crippen LogP contribution in [0.1, 0.15) is 11.1 Å². The number of aliphatic hydroxyl groups is 1. The standard InChI is InChI=1S/C14H10F3IO/c15-14(16,17)13-4-2-1-3-12(13)11-6-5-10(18)7-9(11)8-19/h1-7,19H,8H2. The third kappa shape index (κ3) is 3.09. The van der Waals surface area contributed by atoms with Gasteiger partial charge >= 0.3 is 6.18 Å². The molecule has 0 atom stereocenters. The molecule has 0 bridgehead atoms. The number of halogens is 4. The van der Waals surface area contributed by atoms with E-state index in [2.05, 4.69) is 22.6 Å². The van der Waals surface area contributed by atoms with Crippen molar-refractivity contribution >= 4 is 22.6 Å². The molecule has 0 saturated heterocycles. The summed E-state index contributed by atoms with van der Waals surface area (Å²) in [5, 5.41) is 9.31. The summed E-state index contributed by atoms with van der Waals surface area (Å²) in [6, 6.07) is 10.4. The summed E-state index contributed by atoms with van der Waals surface area (Å²) < 4.78 is 39.8. The fourth-order valence-corrected chi connectivity index (χ4v) is 2.48. The highest BCUT2D eigenvalue weighted by Crippen LogP contribution is 2.38. The molecule has 0 amide bonds. The number of rotatable bonds is 2. The molecule has 0 aliphatic rings. The highest BCUT2D eigenvalue weighted by Gasteiger charge is 2.33. The van der Waals surface area contributed by atoms with E-state index in [9.17, 15) is 18.3 Å². The summed E-state index contributed by atoms with van der Waals surface area (Å²) in [6.07, 6.45) is -4.41. The second-order valence-electron chi connectivity index (χ2n) is 4.00. The Morgan fingerprint density at radius 1 is 1.00 bits per heavy atom. The Bertz CT molecular complexity index is 593. The summed E-state index contributed by atoms with van der Waals surface area (Å²) in [6.45, 7) is -0.293. The lowest BCUT2D eigenvalue weighted by Gasteiger charge is -2.15. The molecule has 0 aliphatic carbocycles. The molecule has 0 radical (unpaired) electrons. The van der Waals surface area contributed by atoms with E-state index >= 15 is 0 Å². The number of hydrogen-bond acceptors (Lipinski definition) is 1. The van der Waals surface area contributed by atoms with Gasteiger partial charge in [0.2, 0.25) is 0 Å². The van der Waals surface area contributed by atoms with Crippen LogP contribution in [0, 0.1) is 3.57 Å². The Kier molecular flexibility index (Phi) is 4.15. The normalized spacial score (nSPS) is 11.6. The monoisotopic (exact) mass is 378 g/mol. The lowest BCUT2D eigenvalue weighted by molar-refractivity contribution is -0.137. The third-order valence-corrected chi connectivity index (χ3v) is 3.43. The minimum absolute atomic E-state index is 0.0930. The summed E-state index contributed by atoms with van der Waals surface area (Å²) in [5.41, 5.74) is 0.306. The van der Waals surface area contributed by atoms with E-state index < -0.39 is 11.7 Å². The highest BCUT2D eigenvalue weighted by molar-refractivity contribution is 14.1. The van der Waals surface area contributed by atoms with Gasteiger partial charge in [-0.15, -0.1) is 0 Å². The second kappa shape index (κ2) is 5.50. The van der Waals surface area contributed by atoms with Crippen molar-refractivity contribution in [3.63, 3.8) is 0 Å². The molecular weight excluding hydrogens is 368 g/mol. The van der Waals surface area contributed by atoms with E-state index in [0.29, 0.717) is 11.1 Å². The van der Waals surface area contributed by atoms with Gasteiger partial charge in [0.1, 0.15) is 0 Å². The third-order valence-electron chi connectivity index (χ3n) is 2.76. The fraction of sp³-hybridized carbons (Fsp3) is 0.143. The van der Waals surface area contributed by atoms with Crippen LogP contribution in [0.25, 0.3) is 11.1 Å². The van der Waals surface area contributed by atoms with Crippen molar-refractivity contribution in [2.75, 3.05) is 0 Å². The van der Waals surface area contributed by atoms with Gasteiger partial charge in [0.25, 0.3) is 0 Å². The summed E-state index contributed by atoms with van der Waals surface area (Å²) in [5.74, 6) is 0. The lowest BCUT2D eigenvalue weighted by Crippen LogP contribution is -2.07. The molecule has 0 unspecified atom stereocenters. The largest absolute Gasteiger partial charge is 0.417 e. The van der Waals surface area contributed by atoms with Gasteiger partial charge in [-0.3, -0.25) is 0 Å². The smallest absolute Gasteiger partial charge is 0.392 e. The van der Waals surface area contributed by atoms with Gasteiger partial charge in [0, 0.05) is 3.57 Å². The zero-order chi connectivity index (χ0) is 14.0. The summed E-state index contributed by atoms with van der Waals surface area (Å²) in [7, 11) is 0. The van der Waals surface area contributed by atoms with Crippen molar-refractivity contribution in [3.05, 3.63) is 57.2 Å². The molecule has 0 saturated carbocycles. The van der Waals surface area contributed by atoms with Crippen LogP contribution in [0.3, 0.4) is 0 Å². The number of hydrogen-bond donors (Lipinski definition) is 1. The molecule has 2 rings (SSSR count). The van der Waals surface area contributed by atoms with Gasteiger partial charge < -0.3 is 5.11 Å². The summed E-state index contributed by atoms with van der Waals surface area (Å²) >= 11 is 2.06. The number of aliphatic hydroxyl groups excluding tert-OH is 1. The van der Waals surface area contributed by atoms with Gasteiger partial charge in [0.15, 0.2) is 0 Å². The lowest BCUT2D eigenvalue weighted by atomic mass is 9.95. The van der Waals surface area contributed by atoms with Gasteiger partial charge in [0.05, 0.1) is 12.2 Å². The molecule has 0 aliphatic heterocycles. The fourth-order valence-electron chi connectivity index (χ4n) is 1.92. The minimum atomic E-state index is -4.41. The van der Waals surface area contributed by atoms with Gasteiger partial charge in [-0.2, -0.15) is 13.2 Å². The first-order valence-corrected chi connectivity index (χ1v) is 6.57. The van der Waals surface area contributed by atoms with Crippen molar-refractivity contribution in [2.24, 2.45) is 0 Å². The Morgan fingerprint density at radius 3 is 2.32 bits per heavy atom. The first-order chi connectivity index (χ1) is 8.93. The molecule has 5 heteroatoms. The maximum atomic E-state index is 13.0. The molecule has 100 valence electrons. The van der Waals surface area contributed by atoms with Crippen LogP contribution in [0.4, 0.5) is 13.2 Å². The van der Waals surface area contributed by atoms with Gasteiger partial charge in [-0.05, 0) is 57.5 Å². The van der Waals surface area contributed by atoms with Crippen LogP contribution in [-0.4, -0.2) is 5.11 Å². The van der Waals surface area contributed by atoms with E-state index in [0.717, 1.165) is 9.64 Å². The van der Waals surface area contributed by atoms with Crippen LogP contribution in [0.15, 0.2) is 42.5 Å². The average Bonchev–Trinajstić information content (AvgIpc) is 2.37. The molecule has 2 aromatic carbocycles. The van der Waals surface area contributed by atoms with E-state index in [4.69, 9.17) is 0 Å². The first kappa shape index (κ1) is 14.3. The van der Waals surface area contributed by atoms with Gasteiger partial charge in [-0.1, -0.05) is 24.3 Å². The van der Waals surface area contributed by atoms with Crippen molar-refractivity contribution in [1.82, 2.24) is 0 Å². The van der Waals surface area contributed by atoms with E-state index in [1.165, 1.54) is 12.1 Å². The van der Waals surface area contributed by atoms with Crippen LogP contribution in [0.2, 0.25) is 0 Å². The van der Waals surface area contributed by atoms with E-state index in [1.807, 2.05) is 0 Å². The molecular formula is C14H10F3IO. The van der Waals surface area contributed by atoms with Crippen molar-refractivity contribution in [1.29, 1.82) is 0 Å². The van der Waals surface area contributed by atoms with E-state index in [1.54, 1.807) is 24.3 Å². The average molecular weight is 378 g/mol. The zero-order valence-electron chi connectivity index (χ0n) is 9.71. The van der Waals surface area contributed by atoms with Gasteiger partial charge in [-0.25, -0.2) is 0 Å². The first-order valence-electron chi connectivity index (χ1n) is 5.49. The SMILES string of the molecule is OCc1cc(I)ccc1-c1ccccc1C(F)(F)F. The van der Waals surface area contributed by atoms with Crippen LogP contribution >= 0.6 is 22.6 Å². The Labute approximate surface area is 122 Å². The summed E-state index contributed by atoms with van der Waals surface area (Å²) in [4.78, 5) is 0. The molecule has 0 heterocycles. The molecule has 1 N–H and O–H groups in total. The maximum Gasteiger partial charge on any atom is 0.417 e. The predicted molar refractivity (Wildman–Crippen MR) is 75.5 cm³/mol. The van der Waals surface area contributed by atoms with E-state index in [-0.39, 0.29) is 12.2 Å². The van der Waals surface area contributed by atoms with Crippen LogP contribution in [0.5, 0.6) is 0 Å². The highest BCUT2D eigenvalue weighted by atomic mass is 127. The minimum Gasteiger partial charge on any atom is -0.392 e. The van der Waals surface area contributed by atoms with Crippen molar-refractivity contribution < 1.29 is 18.3 Å². The zero-order valence-corrected chi connectivity index (χ0v) is 11.9.